The van der Waals surface area contributed by atoms with Crippen LogP contribution in [0.2, 0.25) is 0 Å². The molecule has 0 aromatic heterocycles. The van der Waals surface area contributed by atoms with E-state index in [2.05, 4.69) is 4.72 Å². The summed E-state index contributed by atoms with van der Waals surface area (Å²) in [4.78, 5) is 23.3. The van der Waals surface area contributed by atoms with Crippen LogP contribution < -0.4 is 4.72 Å². The Hall–Kier alpha value is -2.04. The fraction of sp³-hybridized carbons (Fsp3) is 0.588. The van der Waals surface area contributed by atoms with Crippen molar-refractivity contribution in [1.82, 2.24) is 9.62 Å². The summed E-state index contributed by atoms with van der Waals surface area (Å²) in [5.74, 6) is -0.316. The molecule has 0 spiro atoms. The molecular formula is C17H23N3O6S. The second-order valence-corrected chi connectivity index (χ2v) is 9.13. The van der Waals surface area contributed by atoms with E-state index >= 15 is 0 Å². The monoisotopic (exact) mass is 397 g/mol. The van der Waals surface area contributed by atoms with E-state index in [1.807, 2.05) is 4.90 Å². The van der Waals surface area contributed by atoms with Gasteiger partial charge in [0.25, 0.3) is 5.69 Å². The van der Waals surface area contributed by atoms with Crippen LogP contribution >= 0.6 is 0 Å². The third-order valence-electron chi connectivity index (χ3n) is 5.15. The molecule has 0 bridgehead atoms. The molecule has 2 saturated carbocycles. The van der Waals surface area contributed by atoms with Crippen LogP contribution in [0.15, 0.2) is 23.1 Å². The summed E-state index contributed by atoms with van der Waals surface area (Å²) in [5, 5.41) is 19.9. The molecule has 0 unspecified atom stereocenters. The maximum Gasteiger partial charge on any atom is 0.317 e. The van der Waals surface area contributed by atoms with Gasteiger partial charge in [-0.1, -0.05) is 0 Å². The van der Waals surface area contributed by atoms with Crippen molar-refractivity contribution in [3.8, 4) is 0 Å². The summed E-state index contributed by atoms with van der Waals surface area (Å²) < 4.78 is 27.7. The molecule has 3 rings (SSSR count). The van der Waals surface area contributed by atoms with Gasteiger partial charge in [0.15, 0.2) is 0 Å². The maximum absolute atomic E-state index is 12.5. The average molecular weight is 397 g/mol. The summed E-state index contributed by atoms with van der Waals surface area (Å²) in [6.45, 7) is 2.22. The zero-order chi connectivity index (χ0) is 19.8. The van der Waals surface area contributed by atoms with Gasteiger partial charge in [-0.05, 0) is 50.7 Å². The van der Waals surface area contributed by atoms with E-state index in [-0.39, 0.29) is 34.8 Å². The van der Waals surface area contributed by atoms with E-state index in [1.165, 1.54) is 25.1 Å². The molecule has 2 aliphatic carbocycles. The van der Waals surface area contributed by atoms with Gasteiger partial charge in [0.05, 0.1) is 16.4 Å². The fourth-order valence-corrected chi connectivity index (χ4v) is 4.76. The predicted molar refractivity (Wildman–Crippen MR) is 96.9 cm³/mol. The number of aryl methyl sites for hydroxylation is 1. The first-order chi connectivity index (χ1) is 12.7. The molecule has 9 nitrogen and oxygen atoms in total. The molecule has 2 fully saturated rings. The number of rotatable bonds is 9. The highest BCUT2D eigenvalue weighted by Gasteiger charge is 2.39. The van der Waals surface area contributed by atoms with Crippen LogP contribution in [0, 0.1) is 23.0 Å². The molecule has 2 aliphatic rings. The standard InChI is InChI=1S/C17H23N3O6S/c1-11-6-15(4-5-16(11)20(23)24)27(25,26)18-13-7-14(8-13)19(10-17(21)22)9-12-2-3-12/h4-6,12-14,18H,2-3,7-10H2,1H3,(H,21,22). The Morgan fingerprint density at radius 1 is 1.37 bits per heavy atom. The number of hydrogen-bond donors (Lipinski definition) is 2. The normalized spacial score (nSPS) is 22.4. The lowest BCUT2D eigenvalue weighted by Crippen LogP contribution is -2.55. The summed E-state index contributed by atoms with van der Waals surface area (Å²) in [6, 6.07) is 3.52. The smallest absolute Gasteiger partial charge is 0.317 e. The quantitative estimate of drug-likeness (QED) is 0.477. The number of carbonyl (C=O) groups is 1. The van der Waals surface area contributed by atoms with Crippen molar-refractivity contribution in [3.63, 3.8) is 0 Å². The number of nitro benzene ring substituents is 1. The third-order valence-corrected chi connectivity index (χ3v) is 6.67. The van der Waals surface area contributed by atoms with Crippen LogP contribution in [-0.2, 0) is 14.8 Å². The second-order valence-electron chi connectivity index (χ2n) is 7.42. The lowest BCUT2D eigenvalue weighted by molar-refractivity contribution is -0.385. The first-order valence-corrected chi connectivity index (χ1v) is 10.4. The number of nitrogens with one attached hydrogen (secondary N) is 1. The van der Waals surface area contributed by atoms with Crippen LogP contribution in [0.3, 0.4) is 0 Å². The van der Waals surface area contributed by atoms with Gasteiger partial charge in [0.1, 0.15) is 0 Å². The molecule has 0 aliphatic heterocycles. The number of benzene rings is 1. The van der Waals surface area contributed by atoms with Crippen molar-refractivity contribution in [2.75, 3.05) is 13.1 Å². The number of aliphatic carboxylic acids is 1. The fourth-order valence-electron chi connectivity index (χ4n) is 3.42. The highest BCUT2D eigenvalue weighted by atomic mass is 32.2. The summed E-state index contributed by atoms with van der Waals surface area (Å²) in [6.07, 6.45) is 3.37. The van der Waals surface area contributed by atoms with E-state index in [9.17, 15) is 23.3 Å². The van der Waals surface area contributed by atoms with Crippen LogP contribution in [0.4, 0.5) is 5.69 Å². The molecule has 2 N–H and O–H groups in total. The molecule has 10 heteroatoms. The van der Waals surface area contributed by atoms with Gasteiger partial charge >= 0.3 is 5.97 Å². The molecule has 0 heterocycles. The van der Waals surface area contributed by atoms with Gasteiger partial charge in [0.2, 0.25) is 10.0 Å². The zero-order valence-electron chi connectivity index (χ0n) is 15.0. The van der Waals surface area contributed by atoms with Gasteiger partial charge in [0, 0.05) is 30.3 Å². The number of carboxylic acid groups (broad SMARTS) is 1. The van der Waals surface area contributed by atoms with Crippen molar-refractivity contribution < 1.29 is 23.2 Å². The minimum atomic E-state index is -3.78. The molecule has 0 radical (unpaired) electrons. The van der Waals surface area contributed by atoms with Gasteiger partial charge in [-0.25, -0.2) is 13.1 Å². The Labute approximate surface area is 157 Å². The minimum absolute atomic E-state index is 0.00516. The van der Waals surface area contributed by atoms with Gasteiger partial charge in [-0.2, -0.15) is 0 Å². The van der Waals surface area contributed by atoms with Gasteiger partial charge < -0.3 is 5.11 Å². The number of sulfonamides is 1. The van der Waals surface area contributed by atoms with Crippen LogP contribution in [0.1, 0.15) is 31.2 Å². The van der Waals surface area contributed by atoms with Gasteiger partial charge in [-0.3, -0.25) is 19.8 Å². The maximum atomic E-state index is 12.5. The van der Waals surface area contributed by atoms with Crippen molar-refractivity contribution in [1.29, 1.82) is 0 Å². The Kier molecular flexibility index (Phi) is 5.50. The van der Waals surface area contributed by atoms with Crippen molar-refractivity contribution in [3.05, 3.63) is 33.9 Å². The number of hydrogen-bond acceptors (Lipinski definition) is 6. The van der Waals surface area contributed by atoms with Gasteiger partial charge in [-0.15, -0.1) is 0 Å². The van der Waals surface area contributed by atoms with E-state index in [4.69, 9.17) is 5.11 Å². The van der Waals surface area contributed by atoms with Crippen molar-refractivity contribution >= 4 is 21.7 Å². The molecule has 0 atom stereocenters. The Morgan fingerprint density at radius 2 is 2.04 bits per heavy atom. The minimum Gasteiger partial charge on any atom is -0.480 e. The van der Waals surface area contributed by atoms with E-state index in [0.717, 1.165) is 19.4 Å². The molecule has 0 saturated heterocycles. The lowest BCUT2D eigenvalue weighted by Gasteiger charge is -2.42. The second kappa shape index (κ2) is 7.53. The Balaban J connectivity index is 1.60. The van der Waals surface area contributed by atoms with Crippen molar-refractivity contribution in [2.45, 2.75) is 49.6 Å². The molecular weight excluding hydrogens is 374 g/mol. The molecule has 27 heavy (non-hydrogen) atoms. The summed E-state index contributed by atoms with van der Waals surface area (Å²) >= 11 is 0. The van der Waals surface area contributed by atoms with Crippen LogP contribution in [-0.4, -0.2) is 54.5 Å². The number of nitro groups is 1. The zero-order valence-corrected chi connectivity index (χ0v) is 15.8. The highest BCUT2D eigenvalue weighted by Crippen LogP contribution is 2.34. The average Bonchev–Trinajstić information content (AvgIpc) is 3.33. The number of carboxylic acids is 1. The predicted octanol–water partition coefficient (Wildman–Crippen LogP) is 1.51. The Morgan fingerprint density at radius 3 is 2.56 bits per heavy atom. The number of nitrogens with zero attached hydrogens (tertiary/aromatic N) is 2. The SMILES string of the molecule is Cc1cc(S(=O)(=O)NC2CC(N(CC(=O)O)CC3CC3)C2)ccc1[N+](=O)[O-]. The lowest BCUT2D eigenvalue weighted by atomic mass is 9.86. The van der Waals surface area contributed by atoms with Crippen LogP contribution in [0.25, 0.3) is 0 Å². The van der Waals surface area contributed by atoms with E-state index in [1.54, 1.807) is 0 Å². The topological polar surface area (TPSA) is 130 Å². The molecule has 0 amide bonds. The van der Waals surface area contributed by atoms with E-state index in [0.29, 0.717) is 18.8 Å². The van der Waals surface area contributed by atoms with E-state index < -0.39 is 20.9 Å². The summed E-state index contributed by atoms with van der Waals surface area (Å²) in [7, 11) is -3.78. The van der Waals surface area contributed by atoms with Crippen molar-refractivity contribution in [2.24, 2.45) is 5.92 Å². The first kappa shape index (κ1) is 19.7. The molecule has 1 aromatic carbocycles. The molecule has 1 aromatic rings. The van der Waals surface area contributed by atoms with Crippen LogP contribution in [0.5, 0.6) is 0 Å². The largest absolute Gasteiger partial charge is 0.480 e. The highest BCUT2D eigenvalue weighted by molar-refractivity contribution is 7.89. The molecule has 148 valence electrons. The first-order valence-electron chi connectivity index (χ1n) is 8.89. The Bertz CT molecular complexity index is 846. The summed E-state index contributed by atoms with van der Waals surface area (Å²) in [5.41, 5.74) is 0.161. The third kappa shape index (κ3) is 4.82.